The Morgan fingerprint density at radius 2 is 1.93 bits per heavy atom. The second-order valence-electron chi connectivity index (χ2n) is 6.32. The number of thioether (sulfide) groups is 1. The molecular formula is C20H22N2O5S. The summed E-state index contributed by atoms with van der Waals surface area (Å²) in [5, 5.41) is 2.87. The fraction of sp³-hybridized carbons (Fsp3) is 0.350. The number of rotatable bonds is 4. The zero-order chi connectivity index (χ0) is 19.5. The van der Waals surface area contributed by atoms with Gasteiger partial charge in [-0.25, -0.2) is 4.79 Å². The van der Waals surface area contributed by atoms with Gasteiger partial charge in [-0.15, -0.1) is 11.8 Å². The first kappa shape index (κ1) is 18.6. The van der Waals surface area contributed by atoms with E-state index in [0.717, 1.165) is 22.8 Å². The first-order valence-electron chi connectivity index (χ1n) is 9.00. The largest absolute Gasteiger partial charge is 0.497 e. The van der Waals surface area contributed by atoms with Gasteiger partial charge in [0, 0.05) is 18.4 Å². The van der Waals surface area contributed by atoms with Gasteiger partial charge in [-0.05, 0) is 29.8 Å². The Labute approximate surface area is 167 Å². The fourth-order valence-electron chi connectivity index (χ4n) is 3.26. The molecule has 1 N–H and O–H groups in total. The van der Waals surface area contributed by atoms with Crippen molar-refractivity contribution >= 4 is 23.5 Å². The van der Waals surface area contributed by atoms with Crippen LogP contribution in [-0.2, 0) is 0 Å². The summed E-state index contributed by atoms with van der Waals surface area (Å²) in [5.41, 5.74) is 1.62. The normalized spacial score (nSPS) is 17.9. The Hall–Kier alpha value is -2.74. The molecule has 0 aliphatic carbocycles. The SMILES string of the molecule is COc1ccc(NC(=O)N2CCSC2c2ccc3c(c2)OCCO3)c(OC)c1. The Morgan fingerprint density at radius 3 is 2.71 bits per heavy atom. The van der Waals surface area contributed by atoms with Gasteiger partial charge in [-0.3, -0.25) is 0 Å². The van der Waals surface area contributed by atoms with Gasteiger partial charge < -0.3 is 29.2 Å². The Bertz CT molecular complexity index is 876. The number of hydrogen-bond acceptors (Lipinski definition) is 6. The van der Waals surface area contributed by atoms with Crippen LogP contribution in [0.3, 0.4) is 0 Å². The molecule has 148 valence electrons. The fourth-order valence-corrected chi connectivity index (χ4v) is 4.50. The summed E-state index contributed by atoms with van der Waals surface area (Å²) >= 11 is 1.73. The van der Waals surface area contributed by atoms with Crippen molar-refractivity contribution in [1.82, 2.24) is 4.90 Å². The number of anilines is 1. The van der Waals surface area contributed by atoms with Crippen LogP contribution in [0.1, 0.15) is 10.9 Å². The lowest BCUT2D eigenvalue weighted by atomic mass is 10.1. The first-order chi connectivity index (χ1) is 13.7. The smallest absolute Gasteiger partial charge is 0.323 e. The van der Waals surface area contributed by atoms with Crippen LogP contribution >= 0.6 is 11.8 Å². The minimum absolute atomic E-state index is 0.0833. The second kappa shape index (κ2) is 8.10. The van der Waals surface area contributed by atoms with E-state index in [-0.39, 0.29) is 11.4 Å². The number of carbonyl (C=O) groups excluding carboxylic acids is 1. The van der Waals surface area contributed by atoms with Crippen LogP contribution in [-0.4, -0.2) is 50.7 Å². The van der Waals surface area contributed by atoms with Gasteiger partial charge >= 0.3 is 6.03 Å². The highest BCUT2D eigenvalue weighted by Gasteiger charge is 2.32. The summed E-state index contributed by atoms with van der Waals surface area (Å²) in [6.45, 7) is 1.76. The molecule has 0 aromatic heterocycles. The van der Waals surface area contributed by atoms with Gasteiger partial charge in [0.05, 0.1) is 19.9 Å². The van der Waals surface area contributed by atoms with Gasteiger partial charge in [0.1, 0.15) is 30.1 Å². The summed E-state index contributed by atoms with van der Waals surface area (Å²) < 4.78 is 21.9. The van der Waals surface area contributed by atoms with E-state index >= 15 is 0 Å². The van der Waals surface area contributed by atoms with Crippen LogP contribution in [0.15, 0.2) is 36.4 Å². The predicted molar refractivity (Wildman–Crippen MR) is 108 cm³/mol. The molecule has 2 aromatic rings. The van der Waals surface area contributed by atoms with Gasteiger partial charge in [0.2, 0.25) is 0 Å². The Balaban J connectivity index is 1.53. The summed E-state index contributed by atoms with van der Waals surface area (Å²) in [4.78, 5) is 14.8. The zero-order valence-corrected chi connectivity index (χ0v) is 16.6. The number of hydrogen-bond donors (Lipinski definition) is 1. The summed E-state index contributed by atoms with van der Waals surface area (Å²) in [7, 11) is 3.15. The van der Waals surface area contributed by atoms with Crippen LogP contribution in [0, 0.1) is 0 Å². The van der Waals surface area contributed by atoms with Crippen LogP contribution < -0.4 is 24.3 Å². The Kier molecular flexibility index (Phi) is 5.38. The average molecular weight is 402 g/mol. The molecule has 28 heavy (non-hydrogen) atoms. The average Bonchev–Trinajstić information content (AvgIpc) is 3.23. The van der Waals surface area contributed by atoms with E-state index in [9.17, 15) is 4.79 Å². The van der Waals surface area contributed by atoms with Crippen LogP contribution in [0.4, 0.5) is 10.5 Å². The van der Waals surface area contributed by atoms with Crippen molar-refractivity contribution in [2.24, 2.45) is 0 Å². The molecule has 1 fully saturated rings. The molecule has 2 aromatic carbocycles. The van der Waals surface area contributed by atoms with Crippen molar-refractivity contribution in [3.05, 3.63) is 42.0 Å². The monoisotopic (exact) mass is 402 g/mol. The molecule has 0 spiro atoms. The quantitative estimate of drug-likeness (QED) is 0.840. The number of urea groups is 1. The molecular weight excluding hydrogens is 380 g/mol. The molecule has 0 saturated carbocycles. The maximum Gasteiger partial charge on any atom is 0.323 e. The molecule has 0 radical (unpaired) electrons. The number of benzene rings is 2. The lowest BCUT2D eigenvalue weighted by Crippen LogP contribution is -2.34. The third-order valence-electron chi connectivity index (χ3n) is 4.65. The molecule has 7 nitrogen and oxygen atoms in total. The molecule has 8 heteroatoms. The minimum atomic E-state index is -0.173. The van der Waals surface area contributed by atoms with Crippen molar-refractivity contribution in [2.75, 3.05) is 45.0 Å². The van der Waals surface area contributed by atoms with E-state index in [2.05, 4.69) is 5.32 Å². The predicted octanol–water partition coefficient (Wildman–Crippen LogP) is 3.75. The standard InChI is InChI=1S/C20H22N2O5S/c1-24-14-4-5-15(17(12-14)25-2)21-20(23)22-7-10-28-19(22)13-3-6-16-18(11-13)27-9-8-26-16/h3-6,11-12,19H,7-10H2,1-2H3,(H,21,23). The van der Waals surface area contributed by atoms with Crippen molar-refractivity contribution in [1.29, 1.82) is 0 Å². The minimum Gasteiger partial charge on any atom is -0.497 e. The summed E-state index contributed by atoms with van der Waals surface area (Å²) in [6, 6.07) is 11.0. The van der Waals surface area contributed by atoms with Crippen molar-refractivity contribution in [3.63, 3.8) is 0 Å². The highest BCUT2D eigenvalue weighted by Crippen LogP contribution is 2.42. The van der Waals surface area contributed by atoms with Gasteiger partial charge in [0.25, 0.3) is 0 Å². The number of nitrogens with one attached hydrogen (secondary N) is 1. The van der Waals surface area contributed by atoms with Gasteiger partial charge in [0.15, 0.2) is 11.5 Å². The third kappa shape index (κ3) is 3.64. The third-order valence-corrected chi connectivity index (χ3v) is 5.91. The van der Waals surface area contributed by atoms with E-state index in [4.69, 9.17) is 18.9 Å². The van der Waals surface area contributed by atoms with E-state index < -0.39 is 0 Å². The summed E-state index contributed by atoms with van der Waals surface area (Å²) in [5.74, 6) is 3.56. The molecule has 2 amide bonds. The van der Waals surface area contributed by atoms with E-state index in [1.165, 1.54) is 0 Å². The molecule has 2 aliphatic heterocycles. The molecule has 1 unspecified atom stereocenters. The molecule has 0 bridgehead atoms. The number of methoxy groups -OCH3 is 2. The van der Waals surface area contributed by atoms with E-state index in [1.54, 1.807) is 44.2 Å². The first-order valence-corrected chi connectivity index (χ1v) is 10.1. The van der Waals surface area contributed by atoms with E-state index in [0.29, 0.717) is 36.9 Å². The second-order valence-corrected chi connectivity index (χ2v) is 7.50. The highest BCUT2D eigenvalue weighted by molar-refractivity contribution is 7.99. The molecule has 2 heterocycles. The number of ether oxygens (including phenoxy) is 4. The number of fused-ring (bicyclic) bond motifs is 1. The zero-order valence-electron chi connectivity index (χ0n) is 15.8. The van der Waals surface area contributed by atoms with Gasteiger partial charge in [-0.1, -0.05) is 6.07 Å². The maximum atomic E-state index is 13.0. The van der Waals surface area contributed by atoms with Crippen molar-refractivity contribution < 1.29 is 23.7 Å². The van der Waals surface area contributed by atoms with Gasteiger partial charge in [-0.2, -0.15) is 0 Å². The summed E-state index contributed by atoms with van der Waals surface area (Å²) in [6.07, 6.45) is 0. The highest BCUT2D eigenvalue weighted by atomic mass is 32.2. The molecule has 1 saturated heterocycles. The van der Waals surface area contributed by atoms with Crippen LogP contribution in [0.25, 0.3) is 0 Å². The van der Waals surface area contributed by atoms with Crippen LogP contribution in [0.5, 0.6) is 23.0 Å². The lowest BCUT2D eigenvalue weighted by Gasteiger charge is -2.26. The topological polar surface area (TPSA) is 69.3 Å². The molecule has 1 atom stereocenters. The van der Waals surface area contributed by atoms with Crippen molar-refractivity contribution in [2.45, 2.75) is 5.37 Å². The van der Waals surface area contributed by atoms with Crippen LogP contribution in [0.2, 0.25) is 0 Å². The number of carbonyl (C=O) groups is 1. The number of amides is 2. The van der Waals surface area contributed by atoms with Crippen molar-refractivity contribution in [3.8, 4) is 23.0 Å². The van der Waals surface area contributed by atoms with E-state index in [1.807, 2.05) is 23.1 Å². The number of nitrogens with zero attached hydrogens (tertiary/aromatic N) is 1. The lowest BCUT2D eigenvalue weighted by molar-refractivity contribution is 0.171. The molecule has 4 rings (SSSR count). The maximum absolute atomic E-state index is 13.0. The molecule has 2 aliphatic rings. The Morgan fingerprint density at radius 1 is 1.11 bits per heavy atom.